The molecule has 0 spiro atoms. The third-order valence-corrected chi connectivity index (χ3v) is 3.71. The van der Waals surface area contributed by atoms with Gasteiger partial charge in [0.1, 0.15) is 5.75 Å². The van der Waals surface area contributed by atoms with Gasteiger partial charge in [0, 0.05) is 6.54 Å². The van der Waals surface area contributed by atoms with Gasteiger partial charge in [-0.1, -0.05) is 18.5 Å². The second-order valence-electron chi connectivity index (χ2n) is 4.83. The Balaban J connectivity index is 2.28. The normalized spacial score (nSPS) is 23.4. The van der Waals surface area contributed by atoms with Crippen LogP contribution in [0.5, 0.6) is 5.75 Å². The van der Waals surface area contributed by atoms with Crippen LogP contribution in [0.3, 0.4) is 0 Å². The zero-order valence-electron chi connectivity index (χ0n) is 11.1. The zero-order valence-corrected chi connectivity index (χ0v) is 11.9. The Morgan fingerprint density at radius 3 is 3.00 bits per heavy atom. The lowest BCUT2D eigenvalue weighted by Crippen LogP contribution is -2.51. The predicted octanol–water partition coefficient (Wildman–Crippen LogP) is 2.69. The van der Waals surface area contributed by atoms with Crippen molar-refractivity contribution in [3.05, 3.63) is 28.8 Å². The van der Waals surface area contributed by atoms with Crippen LogP contribution in [0.1, 0.15) is 30.6 Å². The number of hydrogen-bond acceptors (Lipinski definition) is 3. The Morgan fingerprint density at radius 2 is 2.32 bits per heavy atom. The van der Waals surface area contributed by atoms with E-state index in [4.69, 9.17) is 16.3 Å². The van der Waals surface area contributed by atoms with Gasteiger partial charge in [-0.05, 0) is 31.5 Å². The molecule has 0 bridgehead atoms. The van der Waals surface area contributed by atoms with E-state index >= 15 is 0 Å². The summed E-state index contributed by atoms with van der Waals surface area (Å²) < 4.78 is 5.58. The first kappa shape index (κ1) is 14.2. The number of benzene rings is 1. The van der Waals surface area contributed by atoms with Crippen molar-refractivity contribution < 1.29 is 14.6 Å². The summed E-state index contributed by atoms with van der Waals surface area (Å²) in [4.78, 5) is 14.3. The van der Waals surface area contributed by atoms with Crippen LogP contribution in [0.4, 0.5) is 0 Å². The van der Waals surface area contributed by atoms with Gasteiger partial charge in [-0.25, -0.2) is 0 Å². The summed E-state index contributed by atoms with van der Waals surface area (Å²) in [6.07, 6.45) is 0.845. The fourth-order valence-corrected chi connectivity index (χ4v) is 2.46. The first-order valence-electron chi connectivity index (χ1n) is 6.44. The van der Waals surface area contributed by atoms with E-state index in [1.807, 2.05) is 13.8 Å². The minimum absolute atomic E-state index is 0.0165. The lowest BCUT2D eigenvalue weighted by molar-refractivity contribution is -0.0444. The van der Waals surface area contributed by atoms with Crippen molar-refractivity contribution in [2.45, 2.75) is 32.4 Å². The van der Waals surface area contributed by atoms with Crippen molar-refractivity contribution in [1.82, 2.24) is 4.90 Å². The topological polar surface area (TPSA) is 49.8 Å². The van der Waals surface area contributed by atoms with Crippen LogP contribution in [0.25, 0.3) is 0 Å². The third kappa shape index (κ3) is 3.01. The fraction of sp³-hybridized carbons (Fsp3) is 0.500. The molecule has 2 atom stereocenters. The summed E-state index contributed by atoms with van der Waals surface area (Å²) in [5.74, 6) is -0.106. The van der Waals surface area contributed by atoms with Gasteiger partial charge in [-0.15, -0.1) is 0 Å². The number of rotatable bonds is 2. The molecule has 1 amide bonds. The molecule has 1 aliphatic heterocycles. The number of amides is 1. The van der Waals surface area contributed by atoms with Crippen LogP contribution in [-0.4, -0.2) is 41.2 Å². The van der Waals surface area contributed by atoms with Gasteiger partial charge in [0.25, 0.3) is 5.91 Å². The minimum atomic E-state index is -0.150. The summed E-state index contributed by atoms with van der Waals surface area (Å²) in [5.41, 5.74) is 0.342. The number of halogens is 1. The molecule has 104 valence electrons. The van der Waals surface area contributed by atoms with E-state index in [1.54, 1.807) is 4.90 Å². The van der Waals surface area contributed by atoms with Gasteiger partial charge < -0.3 is 14.7 Å². The number of nitrogens with zero attached hydrogens (tertiary/aromatic N) is 1. The molecule has 1 aromatic rings. The summed E-state index contributed by atoms with van der Waals surface area (Å²) in [7, 11) is 0. The highest BCUT2D eigenvalue weighted by Gasteiger charge is 2.30. The number of carbonyl (C=O) groups excluding carboxylic acids is 1. The number of ether oxygens (including phenoxy) is 1. The summed E-state index contributed by atoms with van der Waals surface area (Å²) in [6, 6.07) is 4.48. The molecule has 1 heterocycles. The Hall–Kier alpha value is -1.26. The van der Waals surface area contributed by atoms with Crippen molar-refractivity contribution >= 4 is 17.5 Å². The maximum absolute atomic E-state index is 12.6. The van der Waals surface area contributed by atoms with Crippen molar-refractivity contribution in [2.24, 2.45) is 0 Å². The standard InChI is InChI=1S/C14H18ClNO3/c1-3-10-8-19-9(2)7-16(10)14(18)12-6-11(17)4-5-13(12)15/h4-6,9-10,17H,3,7-8H2,1-2H3. The highest BCUT2D eigenvalue weighted by Crippen LogP contribution is 2.25. The predicted molar refractivity (Wildman–Crippen MR) is 73.6 cm³/mol. The van der Waals surface area contributed by atoms with Crippen LogP contribution in [0.2, 0.25) is 5.02 Å². The smallest absolute Gasteiger partial charge is 0.255 e. The lowest BCUT2D eigenvalue weighted by atomic mass is 10.1. The highest BCUT2D eigenvalue weighted by molar-refractivity contribution is 6.33. The van der Waals surface area contributed by atoms with E-state index in [-0.39, 0.29) is 23.8 Å². The summed E-state index contributed by atoms with van der Waals surface area (Å²) in [6.45, 7) is 5.05. The minimum Gasteiger partial charge on any atom is -0.508 e. The average molecular weight is 284 g/mol. The van der Waals surface area contributed by atoms with Crippen molar-refractivity contribution in [1.29, 1.82) is 0 Å². The van der Waals surface area contributed by atoms with Crippen LogP contribution in [0, 0.1) is 0 Å². The first-order chi connectivity index (χ1) is 9.02. The number of phenols is 1. The molecule has 0 aromatic heterocycles. The van der Waals surface area contributed by atoms with E-state index in [0.29, 0.717) is 23.7 Å². The molecule has 0 aliphatic carbocycles. The fourth-order valence-electron chi connectivity index (χ4n) is 2.26. The van der Waals surface area contributed by atoms with Gasteiger partial charge in [-0.3, -0.25) is 4.79 Å². The second kappa shape index (κ2) is 5.80. The van der Waals surface area contributed by atoms with Crippen LogP contribution < -0.4 is 0 Å². The first-order valence-corrected chi connectivity index (χ1v) is 6.81. The summed E-state index contributed by atoms with van der Waals surface area (Å²) >= 11 is 6.05. The third-order valence-electron chi connectivity index (χ3n) is 3.38. The second-order valence-corrected chi connectivity index (χ2v) is 5.23. The Morgan fingerprint density at radius 1 is 1.58 bits per heavy atom. The lowest BCUT2D eigenvalue weighted by Gasteiger charge is -2.38. The van der Waals surface area contributed by atoms with Gasteiger partial charge >= 0.3 is 0 Å². The highest BCUT2D eigenvalue weighted by atomic mass is 35.5. The van der Waals surface area contributed by atoms with Crippen molar-refractivity contribution in [3.8, 4) is 5.75 Å². The molecule has 1 fully saturated rings. The molecule has 2 rings (SSSR count). The number of hydrogen-bond donors (Lipinski definition) is 1. The Labute approximate surface area is 117 Å². The molecule has 4 nitrogen and oxygen atoms in total. The number of morpholine rings is 1. The van der Waals surface area contributed by atoms with E-state index in [0.717, 1.165) is 6.42 Å². The molecule has 1 aromatic carbocycles. The molecular formula is C14H18ClNO3. The molecule has 1 N–H and O–H groups in total. The zero-order chi connectivity index (χ0) is 14.0. The van der Waals surface area contributed by atoms with Gasteiger partial charge in [0.05, 0.1) is 29.3 Å². The molecule has 2 unspecified atom stereocenters. The molecule has 0 radical (unpaired) electrons. The maximum Gasteiger partial charge on any atom is 0.255 e. The molecule has 5 heteroatoms. The molecule has 0 saturated carbocycles. The summed E-state index contributed by atoms with van der Waals surface area (Å²) in [5, 5.41) is 9.86. The number of aromatic hydroxyl groups is 1. The average Bonchev–Trinajstić information content (AvgIpc) is 2.40. The van der Waals surface area contributed by atoms with E-state index < -0.39 is 0 Å². The molecule has 1 saturated heterocycles. The van der Waals surface area contributed by atoms with Crippen LogP contribution >= 0.6 is 11.6 Å². The van der Waals surface area contributed by atoms with E-state index in [1.165, 1.54) is 18.2 Å². The van der Waals surface area contributed by atoms with Crippen LogP contribution in [-0.2, 0) is 4.74 Å². The van der Waals surface area contributed by atoms with Crippen molar-refractivity contribution in [2.75, 3.05) is 13.2 Å². The van der Waals surface area contributed by atoms with E-state index in [9.17, 15) is 9.90 Å². The number of carbonyl (C=O) groups is 1. The molecule has 19 heavy (non-hydrogen) atoms. The largest absolute Gasteiger partial charge is 0.508 e. The van der Waals surface area contributed by atoms with Gasteiger partial charge in [-0.2, -0.15) is 0 Å². The van der Waals surface area contributed by atoms with Gasteiger partial charge in [0.2, 0.25) is 0 Å². The number of phenolic OH excluding ortho intramolecular Hbond substituents is 1. The Bertz CT molecular complexity index is 478. The van der Waals surface area contributed by atoms with Gasteiger partial charge in [0.15, 0.2) is 0 Å². The Kier molecular flexibility index (Phi) is 4.32. The van der Waals surface area contributed by atoms with Crippen LogP contribution in [0.15, 0.2) is 18.2 Å². The SMILES string of the molecule is CCC1COC(C)CN1C(=O)c1cc(O)ccc1Cl. The monoisotopic (exact) mass is 283 g/mol. The molecular weight excluding hydrogens is 266 g/mol. The maximum atomic E-state index is 12.6. The van der Waals surface area contributed by atoms with E-state index in [2.05, 4.69) is 0 Å². The quantitative estimate of drug-likeness (QED) is 0.908. The van der Waals surface area contributed by atoms with Crippen molar-refractivity contribution in [3.63, 3.8) is 0 Å². The molecule has 1 aliphatic rings.